The summed E-state index contributed by atoms with van der Waals surface area (Å²) in [5.74, 6) is -0.409. The Kier molecular flexibility index (Phi) is 4.43. The fraction of sp³-hybridized carbons (Fsp3) is 0.529. The van der Waals surface area contributed by atoms with E-state index in [-0.39, 0.29) is 17.7 Å². The third-order valence-electron chi connectivity index (χ3n) is 4.66. The molecule has 5 heteroatoms. The fourth-order valence-corrected chi connectivity index (χ4v) is 3.48. The summed E-state index contributed by atoms with van der Waals surface area (Å²) in [4.78, 5) is 25.5. The van der Waals surface area contributed by atoms with E-state index >= 15 is 0 Å². The van der Waals surface area contributed by atoms with Crippen molar-refractivity contribution in [1.82, 2.24) is 4.90 Å². The molecule has 22 heavy (non-hydrogen) atoms. The van der Waals surface area contributed by atoms with E-state index in [1.807, 2.05) is 11.0 Å². The van der Waals surface area contributed by atoms with E-state index in [1.165, 1.54) is 17.5 Å². The van der Waals surface area contributed by atoms with Gasteiger partial charge in [0, 0.05) is 12.2 Å². The van der Waals surface area contributed by atoms with Crippen LogP contribution < -0.4 is 11.1 Å². The molecule has 0 radical (unpaired) electrons. The highest BCUT2D eigenvalue weighted by Gasteiger charge is 2.25. The number of hydrogen-bond acceptors (Lipinski definition) is 3. The second kappa shape index (κ2) is 6.48. The molecule has 1 aliphatic carbocycles. The van der Waals surface area contributed by atoms with Crippen molar-refractivity contribution >= 4 is 17.5 Å². The Morgan fingerprint density at radius 3 is 2.86 bits per heavy atom. The minimum atomic E-state index is -0.260. The zero-order valence-corrected chi connectivity index (χ0v) is 12.8. The summed E-state index contributed by atoms with van der Waals surface area (Å²) in [5, 5.41) is 2.97. The zero-order chi connectivity index (χ0) is 15.5. The zero-order valence-electron chi connectivity index (χ0n) is 12.8. The van der Waals surface area contributed by atoms with Crippen LogP contribution in [0.4, 0.5) is 5.69 Å². The number of carbonyl (C=O) groups is 2. The van der Waals surface area contributed by atoms with Gasteiger partial charge in [-0.2, -0.15) is 0 Å². The van der Waals surface area contributed by atoms with Crippen molar-refractivity contribution in [3.63, 3.8) is 0 Å². The molecule has 2 aliphatic rings. The van der Waals surface area contributed by atoms with Gasteiger partial charge in [0.05, 0.1) is 12.5 Å². The Balaban J connectivity index is 1.55. The van der Waals surface area contributed by atoms with Gasteiger partial charge in [0.25, 0.3) is 0 Å². The number of amides is 2. The van der Waals surface area contributed by atoms with Gasteiger partial charge in [-0.05, 0) is 61.9 Å². The number of nitrogens with one attached hydrogen (secondary N) is 1. The number of primary amides is 1. The molecule has 0 unspecified atom stereocenters. The first-order valence-electron chi connectivity index (χ1n) is 8.05. The van der Waals surface area contributed by atoms with Gasteiger partial charge in [0.1, 0.15) is 0 Å². The highest BCUT2D eigenvalue weighted by atomic mass is 16.2. The molecule has 0 saturated carbocycles. The van der Waals surface area contributed by atoms with Crippen LogP contribution in [-0.4, -0.2) is 36.3 Å². The quantitative estimate of drug-likeness (QED) is 0.880. The van der Waals surface area contributed by atoms with Gasteiger partial charge in [-0.1, -0.05) is 6.07 Å². The third-order valence-corrected chi connectivity index (χ3v) is 4.66. The summed E-state index contributed by atoms with van der Waals surface area (Å²) in [6, 6.07) is 6.18. The number of anilines is 1. The van der Waals surface area contributed by atoms with Crippen LogP contribution in [0, 0.1) is 5.92 Å². The van der Waals surface area contributed by atoms with Crippen LogP contribution in [-0.2, 0) is 22.4 Å². The molecule has 0 aromatic heterocycles. The van der Waals surface area contributed by atoms with E-state index in [0.717, 1.165) is 37.9 Å². The lowest BCUT2D eigenvalue weighted by Gasteiger charge is -2.30. The van der Waals surface area contributed by atoms with Crippen LogP contribution in [0.3, 0.4) is 0 Å². The molecule has 1 heterocycles. The van der Waals surface area contributed by atoms with Gasteiger partial charge in [0.2, 0.25) is 11.8 Å². The van der Waals surface area contributed by atoms with Gasteiger partial charge < -0.3 is 11.1 Å². The molecule has 2 amide bonds. The van der Waals surface area contributed by atoms with Crippen molar-refractivity contribution < 1.29 is 9.59 Å². The van der Waals surface area contributed by atoms with Crippen molar-refractivity contribution in [3.05, 3.63) is 29.3 Å². The highest BCUT2D eigenvalue weighted by molar-refractivity contribution is 5.92. The van der Waals surface area contributed by atoms with Crippen LogP contribution >= 0.6 is 0 Å². The maximum atomic E-state index is 12.2. The summed E-state index contributed by atoms with van der Waals surface area (Å²) in [6.07, 6.45) is 5.20. The number of likely N-dealkylation sites (tertiary alicyclic amines) is 1. The monoisotopic (exact) mass is 301 g/mol. The molecule has 0 spiro atoms. The van der Waals surface area contributed by atoms with Crippen LogP contribution in [0.1, 0.15) is 30.4 Å². The van der Waals surface area contributed by atoms with Gasteiger partial charge in [-0.15, -0.1) is 0 Å². The van der Waals surface area contributed by atoms with Crippen molar-refractivity contribution in [2.24, 2.45) is 11.7 Å². The van der Waals surface area contributed by atoms with Crippen LogP contribution in [0.5, 0.6) is 0 Å². The molecule has 1 saturated heterocycles. The summed E-state index contributed by atoms with van der Waals surface area (Å²) in [6.45, 7) is 1.76. The Bertz CT molecular complexity index is 585. The predicted molar refractivity (Wildman–Crippen MR) is 85.5 cm³/mol. The molecule has 1 atom stereocenters. The molecule has 118 valence electrons. The molecule has 1 aromatic carbocycles. The summed E-state index contributed by atoms with van der Waals surface area (Å²) >= 11 is 0. The van der Waals surface area contributed by atoms with Gasteiger partial charge >= 0.3 is 0 Å². The lowest BCUT2D eigenvalue weighted by Crippen LogP contribution is -2.44. The first kappa shape index (κ1) is 15.0. The second-order valence-electron chi connectivity index (χ2n) is 6.36. The van der Waals surface area contributed by atoms with Gasteiger partial charge in [-0.3, -0.25) is 14.5 Å². The first-order chi connectivity index (χ1) is 10.6. The number of rotatable bonds is 4. The summed E-state index contributed by atoms with van der Waals surface area (Å²) in [7, 11) is 0. The number of nitrogens with two attached hydrogens (primary N) is 1. The first-order valence-corrected chi connectivity index (χ1v) is 8.05. The lowest BCUT2D eigenvalue weighted by atomic mass is 9.97. The van der Waals surface area contributed by atoms with E-state index in [2.05, 4.69) is 17.4 Å². The molecule has 3 rings (SSSR count). The molecular weight excluding hydrogens is 278 g/mol. The standard InChI is InChI=1S/C17H23N3O2/c18-17(22)14-5-2-8-20(10-14)11-16(21)19-15-7-6-12-3-1-4-13(12)9-15/h6-7,9,14H,1-5,8,10-11H2,(H2,18,22)(H,19,21)/t14-/m0/s1. The number of nitrogens with zero attached hydrogens (tertiary/aromatic N) is 1. The molecule has 0 bridgehead atoms. The van der Waals surface area contributed by atoms with Crippen LogP contribution in [0.25, 0.3) is 0 Å². The number of carbonyl (C=O) groups excluding carboxylic acids is 2. The van der Waals surface area contributed by atoms with Crippen LogP contribution in [0.15, 0.2) is 18.2 Å². The fourth-order valence-electron chi connectivity index (χ4n) is 3.48. The minimum absolute atomic E-state index is 0.0249. The molecule has 1 fully saturated rings. The minimum Gasteiger partial charge on any atom is -0.369 e. The van der Waals surface area contributed by atoms with Crippen LogP contribution in [0.2, 0.25) is 0 Å². The Hall–Kier alpha value is -1.88. The Labute approximate surface area is 130 Å². The summed E-state index contributed by atoms with van der Waals surface area (Å²) in [5.41, 5.74) is 8.99. The maximum absolute atomic E-state index is 12.2. The molecule has 1 aromatic rings. The molecule has 3 N–H and O–H groups in total. The number of fused-ring (bicyclic) bond motifs is 1. The maximum Gasteiger partial charge on any atom is 0.238 e. The predicted octanol–water partition coefficient (Wildman–Crippen LogP) is 1.31. The summed E-state index contributed by atoms with van der Waals surface area (Å²) < 4.78 is 0. The van der Waals surface area contributed by atoms with E-state index in [1.54, 1.807) is 0 Å². The van der Waals surface area contributed by atoms with E-state index in [9.17, 15) is 9.59 Å². The number of benzene rings is 1. The lowest BCUT2D eigenvalue weighted by molar-refractivity contribution is -0.125. The topological polar surface area (TPSA) is 75.4 Å². The molecular formula is C17H23N3O2. The van der Waals surface area contributed by atoms with Gasteiger partial charge in [-0.25, -0.2) is 0 Å². The van der Waals surface area contributed by atoms with Crippen molar-refractivity contribution in [2.75, 3.05) is 25.0 Å². The number of aryl methyl sites for hydroxylation is 2. The SMILES string of the molecule is NC(=O)[C@H]1CCCN(CC(=O)Nc2ccc3c(c2)CCC3)C1. The second-order valence-corrected chi connectivity index (χ2v) is 6.36. The molecule has 1 aliphatic heterocycles. The van der Waals surface area contributed by atoms with E-state index in [4.69, 9.17) is 5.73 Å². The average molecular weight is 301 g/mol. The van der Waals surface area contributed by atoms with Crippen molar-refractivity contribution in [2.45, 2.75) is 32.1 Å². The highest BCUT2D eigenvalue weighted by Crippen LogP contribution is 2.25. The molecule has 5 nitrogen and oxygen atoms in total. The number of piperidine rings is 1. The smallest absolute Gasteiger partial charge is 0.238 e. The largest absolute Gasteiger partial charge is 0.369 e. The van der Waals surface area contributed by atoms with Gasteiger partial charge in [0.15, 0.2) is 0 Å². The Morgan fingerprint density at radius 2 is 2.05 bits per heavy atom. The normalized spacial score (nSPS) is 21.4. The average Bonchev–Trinajstić information content (AvgIpc) is 2.95. The van der Waals surface area contributed by atoms with Crippen molar-refractivity contribution in [1.29, 1.82) is 0 Å². The Morgan fingerprint density at radius 1 is 1.23 bits per heavy atom. The van der Waals surface area contributed by atoms with E-state index in [0.29, 0.717) is 13.1 Å². The number of hydrogen-bond donors (Lipinski definition) is 2. The van der Waals surface area contributed by atoms with Crippen molar-refractivity contribution in [3.8, 4) is 0 Å². The van der Waals surface area contributed by atoms with E-state index < -0.39 is 0 Å². The third kappa shape index (κ3) is 3.47.